The Morgan fingerprint density at radius 1 is 1.17 bits per heavy atom. The second-order valence-electron chi connectivity index (χ2n) is 8.23. The molecule has 156 valence electrons. The Bertz CT molecular complexity index is 796. The molecular weight excluding hydrogens is 375 g/mol. The largest absolute Gasteiger partial charge is 0.342 e. The molecule has 3 fully saturated rings. The van der Waals surface area contributed by atoms with Gasteiger partial charge in [0, 0.05) is 18.8 Å². The maximum Gasteiger partial charge on any atom is 0.321 e. The van der Waals surface area contributed by atoms with Crippen LogP contribution in [-0.4, -0.2) is 59.4 Å². The number of carbonyl (C=O) groups is 3. The zero-order chi connectivity index (χ0) is 20.4. The molecule has 8 heteroatoms. The van der Waals surface area contributed by atoms with Crippen LogP contribution in [0, 0.1) is 11.7 Å². The summed E-state index contributed by atoms with van der Waals surface area (Å²) < 4.78 is 13.3. The van der Waals surface area contributed by atoms with Crippen LogP contribution in [0.5, 0.6) is 0 Å². The van der Waals surface area contributed by atoms with Crippen molar-refractivity contribution in [2.24, 2.45) is 5.92 Å². The second kappa shape index (κ2) is 8.39. The number of amides is 4. The van der Waals surface area contributed by atoms with Crippen LogP contribution in [0.4, 0.5) is 14.9 Å². The van der Waals surface area contributed by atoms with Crippen molar-refractivity contribution < 1.29 is 18.8 Å². The van der Waals surface area contributed by atoms with Gasteiger partial charge in [-0.2, -0.15) is 0 Å². The molecule has 0 unspecified atom stereocenters. The molecule has 7 nitrogen and oxygen atoms in total. The summed E-state index contributed by atoms with van der Waals surface area (Å²) in [4.78, 5) is 41.3. The molecule has 1 aliphatic carbocycles. The summed E-state index contributed by atoms with van der Waals surface area (Å²) in [5.74, 6) is -0.180. The molecule has 4 amide bonds. The van der Waals surface area contributed by atoms with Crippen molar-refractivity contribution in [2.45, 2.75) is 50.6 Å². The fourth-order valence-corrected chi connectivity index (χ4v) is 4.67. The van der Waals surface area contributed by atoms with E-state index in [4.69, 9.17) is 0 Å². The minimum absolute atomic E-state index is 0.0367. The maximum absolute atomic E-state index is 13.3. The van der Waals surface area contributed by atoms with Crippen LogP contribution in [0.15, 0.2) is 24.3 Å². The Morgan fingerprint density at radius 3 is 2.72 bits per heavy atom. The fraction of sp³-hybridized carbons (Fsp3) is 0.571. The summed E-state index contributed by atoms with van der Waals surface area (Å²) in [5, 5.41) is 5.54. The topological polar surface area (TPSA) is 81.8 Å². The quantitative estimate of drug-likeness (QED) is 0.814. The number of hydrogen-bond donors (Lipinski definition) is 2. The first-order valence-corrected chi connectivity index (χ1v) is 10.4. The summed E-state index contributed by atoms with van der Waals surface area (Å²) in [6.45, 7) is 0.802. The predicted octanol–water partition coefficient (Wildman–Crippen LogP) is 2.34. The molecule has 0 spiro atoms. The number of urea groups is 1. The molecule has 2 saturated heterocycles. The molecule has 29 heavy (non-hydrogen) atoms. The molecule has 4 rings (SSSR count). The second-order valence-corrected chi connectivity index (χ2v) is 8.23. The third kappa shape index (κ3) is 4.36. The van der Waals surface area contributed by atoms with E-state index in [1.165, 1.54) is 42.4 Å². The van der Waals surface area contributed by atoms with E-state index in [9.17, 15) is 18.8 Å². The Balaban J connectivity index is 1.37. The van der Waals surface area contributed by atoms with E-state index < -0.39 is 23.9 Å². The highest BCUT2D eigenvalue weighted by atomic mass is 19.1. The first-order valence-electron chi connectivity index (χ1n) is 10.4. The van der Waals surface area contributed by atoms with Gasteiger partial charge in [0.25, 0.3) is 0 Å². The van der Waals surface area contributed by atoms with Gasteiger partial charge in [0.15, 0.2) is 0 Å². The lowest BCUT2D eigenvalue weighted by atomic mass is 9.84. The van der Waals surface area contributed by atoms with Crippen molar-refractivity contribution in [3.05, 3.63) is 30.1 Å². The van der Waals surface area contributed by atoms with Crippen LogP contribution in [0.25, 0.3) is 0 Å². The van der Waals surface area contributed by atoms with Gasteiger partial charge in [-0.15, -0.1) is 0 Å². The Labute approximate surface area is 169 Å². The number of hydrogen-bond acceptors (Lipinski definition) is 3. The number of piperazine rings is 2. The molecule has 3 aliphatic rings. The predicted molar refractivity (Wildman–Crippen MR) is 106 cm³/mol. The Morgan fingerprint density at radius 2 is 1.97 bits per heavy atom. The normalized spacial score (nSPS) is 25.4. The molecule has 2 atom stereocenters. The van der Waals surface area contributed by atoms with E-state index in [-0.39, 0.29) is 18.4 Å². The number of rotatable bonds is 3. The number of nitrogens with one attached hydrogen (secondary N) is 2. The standard InChI is InChI=1S/C21H27FN4O3/c22-15-7-4-8-16(12-15)23-21(29)25-9-10-26-18(13-25)19(27)24-17(20(26)28)11-14-5-2-1-3-6-14/h4,7-8,12,14,17-18H,1-3,5-6,9-11,13H2,(H,23,29)(H,24,27)/t17-,18+/m0/s1. The van der Waals surface area contributed by atoms with Gasteiger partial charge < -0.3 is 20.4 Å². The third-order valence-corrected chi connectivity index (χ3v) is 6.24. The minimum Gasteiger partial charge on any atom is -0.342 e. The van der Waals surface area contributed by atoms with Crippen LogP contribution in [0.2, 0.25) is 0 Å². The van der Waals surface area contributed by atoms with Crippen molar-refractivity contribution in [3.63, 3.8) is 0 Å². The van der Waals surface area contributed by atoms with Gasteiger partial charge >= 0.3 is 6.03 Å². The van der Waals surface area contributed by atoms with Gasteiger partial charge in [-0.3, -0.25) is 9.59 Å². The molecule has 2 N–H and O–H groups in total. The van der Waals surface area contributed by atoms with E-state index in [0.29, 0.717) is 31.1 Å². The Hall–Kier alpha value is -2.64. The maximum atomic E-state index is 13.3. The third-order valence-electron chi connectivity index (χ3n) is 6.24. The van der Waals surface area contributed by atoms with Crippen LogP contribution < -0.4 is 10.6 Å². The summed E-state index contributed by atoms with van der Waals surface area (Å²) in [6, 6.07) is 4.13. The number of carbonyl (C=O) groups excluding carboxylic acids is 3. The van der Waals surface area contributed by atoms with Gasteiger partial charge in [0.2, 0.25) is 11.8 Å². The molecule has 1 saturated carbocycles. The highest BCUT2D eigenvalue weighted by Gasteiger charge is 2.44. The van der Waals surface area contributed by atoms with Gasteiger partial charge in [-0.1, -0.05) is 38.2 Å². The average Bonchev–Trinajstić information content (AvgIpc) is 2.72. The van der Waals surface area contributed by atoms with Crippen LogP contribution >= 0.6 is 0 Å². The van der Waals surface area contributed by atoms with E-state index >= 15 is 0 Å². The first-order chi connectivity index (χ1) is 14.0. The highest BCUT2D eigenvalue weighted by molar-refractivity contribution is 5.98. The van der Waals surface area contributed by atoms with Gasteiger partial charge in [0.1, 0.15) is 17.9 Å². The molecule has 2 heterocycles. The number of anilines is 1. The number of halogens is 1. The van der Waals surface area contributed by atoms with Crippen LogP contribution in [0.3, 0.4) is 0 Å². The zero-order valence-corrected chi connectivity index (χ0v) is 16.4. The molecule has 0 bridgehead atoms. The van der Waals surface area contributed by atoms with Gasteiger partial charge in [-0.25, -0.2) is 9.18 Å². The lowest BCUT2D eigenvalue weighted by molar-refractivity contribution is -0.152. The first kappa shape index (κ1) is 19.7. The zero-order valence-electron chi connectivity index (χ0n) is 16.4. The lowest BCUT2D eigenvalue weighted by Gasteiger charge is -2.45. The average molecular weight is 402 g/mol. The van der Waals surface area contributed by atoms with E-state index in [1.54, 1.807) is 11.0 Å². The van der Waals surface area contributed by atoms with Crippen molar-refractivity contribution in [1.82, 2.24) is 15.1 Å². The highest BCUT2D eigenvalue weighted by Crippen LogP contribution is 2.29. The van der Waals surface area contributed by atoms with Crippen molar-refractivity contribution in [3.8, 4) is 0 Å². The summed E-state index contributed by atoms with van der Waals surface area (Å²) in [5.41, 5.74) is 0.356. The molecule has 0 aromatic heterocycles. The summed E-state index contributed by atoms with van der Waals surface area (Å²) >= 11 is 0. The smallest absolute Gasteiger partial charge is 0.321 e. The summed E-state index contributed by atoms with van der Waals surface area (Å²) in [7, 11) is 0. The molecule has 1 aromatic rings. The van der Waals surface area contributed by atoms with Crippen molar-refractivity contribution in [2.75, 3.05) is 25.0 Å². The Kier molecular flexibility index (Phi) is 5.69. The monoisotopic (exact) mass is 402 g/mol. The van der Waals surface area contributed by atoms with Gasteiger partial charge in [-0.05, 0) is 30.5 Å². The number of nitrogens with zero attached hydrogens (tertiary/aromatic N) is 2. The van der Waals surface area contributed by atoms with Crippen molar-refractivity contribution >= 4 is 23.5 Å². The number of fused-ring (bicyclic) bond motifs is 1. The molecule has 0 radical (unpaired) electrons. The van der Waals surface area contributed by atoms with Gasteiger partial charge in [0.05, 0.1) is 6.54 Å². The lowest BCUT2D eigenvalue weighted by Crippen LogP contribution is -2.70. The van der Waals surface area contributed by atoms with Crippen molar-refractivity contribution in [1.29, 1.82) is 0 Å². The van der Waals surface area contributed by atoms with Crippen LogP contribution in [-0.2, 0) is 9.59 Å². The molecule has 1 aromatic carbocycles. The minimum atomic E-state index is -0.669. The molecular formula is C21H27FN4O3. The van der Waals surface area contributed by atoms with E-state index in [2.05, 4.69) is 10.6 Å². The molecule has 2 aliphatic heterocycles. The fourth-order valence-electron chi connectivity index (χ4n) is 4.67. The SMILES string of the molecule is O=C1N[C@@H](CC2CCCCC2)C(=O)N2CCN(C(=O)Nc3cccc(F)c3)C[C@H]12. The van der Waals surface area contributed by atoms with E-state index in [1.807, 2.05) is 0 Å². The van der Waals surface area contributed by atoms with Crippen LogP contribution in [0.1, 0.15) is 38.5 Å². The summed E-state index contributed by atoms with van der Waals surface area (Å²) in [6.07, 6.45) is 6.59. The van der Waals surface area contributed by atoms with E-state index in [0.717, 1.165) is 12.8 Å². The number of benzene rings is 1.